The maximum atomic E-state index is 12.0. The SMILES string of the molecule is N#CC=Cc1cc(Cl)ccc1OC(F)F. The van der Waals surface area contributed by atoms with E-state index in [-0.39, 0.29) is 5.75 Å². The van der Waals surface area contributed by atoms with Gasteiger partial charge in [-0.15, -0.1) is 0 Å². The first kappa shape index (κ1) is 11.5. The third-order valence-electron chi connectivity index (χ3n) is 1.53. The summed E-state index contributed by atoms with van der Waals surface area (Å²) in [6.07, 6.45) is 2.51. The van der Waals surface area contributed by atoms with Crippen molar-refractivity contribution in [2.24, 2.45) is 0 Å². The summed E-state index contributed by atoms with van der Waals surface area (Å²) in [5.74, 6) is -0.0131. The van der Waals surface area contributed by atoms with Crippen molar-refractivity contribution >= 4 is 17.7 Å². The quantitative estimate of drug-likeness (QED) is 0.744. The van der Waals surface area contributed by atoms with Gasteiger partial charge in [-0.25, -0.2) is 0 Å². The molecular formula is C10H6ClF2NO. The van der Waals surface area contributed by atoms with Gasteiger partial charge in [-0.2, -0.15) is 14.0 Å². The number of nitrogens with zero attached hydrogens (tertiary/aromatic N) is 1. The monoisotopic (exact) mass is 229 g/mol. The first-order chi connectivity index (χ1) is 7.13. The molecule has 0 aliphatic rings. The number of nitriles is 1. The lowest BCUT2D eigenvalue weighted by molar-refractivity contribution is -0.0499. The third-order valence-corrected chi connectivity index (χ3v) is 1.76. The molecule has 0 aliphatic heterocycles. The van der Waals surface area contributed by atoms with E-state index in [1.165, 1.54) is 24.3 Å². The van der Waals surface area contributed by atoms with E-state index in [9.17, 15) is 8.78 Å². The first-order valence-electron chi connectivity index (χ1n) is 3.94. The second-order valence-electron chi connectivity index (χ2n) is 2.52. The van der Waals surface area contributed by atoms with Gasteiger partial charge >= 0.3 is 6.61 Å². The van der Waals surface area contributed by atoms with E-state index < -0.39 is 6.61 Å². The Hall–Kier alpha value is -1.60. The van der Waals surface area contributed by atoms with Crippen LogP contribution in [0, 0.1) is 11.3 Å². The van der Waals surface area contributed by atoms with E-state index in [1.54, 1.807) is 6.07 Å². The van der Waals surface area contributed by atoms with Crippen molar-refractivity contribution in [3.05, 3.63) is 34.9 Å². The van der Waals surface area contributed by atoms with Crippen LogP contribution >= 0.6 is 11.6 Å². The molecule has 0 saturated carbocycles. The number of hydrogen-bond donors (Lipinski definition) is 0. The minimum atomic E-state index is -2.90. The van der Waals surface area contributed by atoms with Crippen LogP contribution in [0.2, 0.25) is 5.02 Å². The van der Waals surface area contributed by atoms with E-state index in [0.29, 0.717) is 10.6 Å². The van der Waals surface area contributed by atoms with Crippen LogP contribution in [0.3, 0.4) is 0 Å². The van der Waals surface area contributed by atoms with Crippen molar-refractivity contribution in [1.29, 1.82) is 5.26 Å². The standard InChI is InChI=1S/C10H6ClF2NO/c11-8-3-4-9(15-10(12)13)7(6-8)2-1-5-14/h1-4,6,10H. The molecule has 0 fully saturated rings. The first-order valence-corrected chi connectivity index (χ1v) is 4.32. The zero-order valence-electron chi connectivity index (χ0n) is 7.45. The maximum absolute atomic E-state index is 12.0. The zero-order chi connectivity index (χ0) is 11.3. The zero-order valence-corrected chi connectivity index (χ0v) is 8.21. The highest BCUT2D eigenvalue weighted by atomic mass is 35.5. The summed E-state index contributed by atoms with van der Waals surface area (Å²) < 4.78 is 28.2. The number of hydrogen-bond acceptors (Lipinski definition) is 2. The van der Waals surface area contributed by atoms with Crippen LogP contribution < -0.4 is 4.74 Å². The van der Waals surface area contributed by atoms with Crippen LogP contribution in [0.15, 0.2) is 24.3 Å². The molecule has 1 rings (SSSR count). The molecule has 1 aromatic carbocycles. The van der Waals surface area contributed by atoms with E-state index >= 15 is 0 Å². The Kier molecular flexibility index (Phi) is 4.07. The van der Waals surface area contributed by atoms with E-state index in [0.717, 1.165) is 6.08 Å². The van der Waals surface area contributed by atoms with Gasteiger partial charge in [0, 0.05) is 16.7 Å². The fraction of sp³-hybridized carbons (Fsp3) is 0.100. The molecule has 0 amide bonds. The number of alkyl halides is 2. The topological polar surface area (TPSA) is 33.0 Å². The molecular weight excluding hydrogens is 224 g/mol. The lowest BCUT2D eigenvalue weighted by Gasteiger charge is -2.07. The Morgan fingerprint density at radius 1 is 1.47 bits per heavy atom. The van der Waals surface area contributed by atoms with E-state index in [2.05, 4.69) is 4.74 Å². The molecule has 78 valence electrons. The number of allylic oxidation sites excluding steroid dienone is 1. The fourth-order valence-corrected chi connectivity index (χ4v) is 1.16. The number of benzene rings is 1. The van der Waals surface area contributed by atoms with Crippen molar-refractivity contribution < 1.29 is 13.5 Å². The molecule has 0 unspecified atom stereocenters. The summed E-state index contributed by atoms with van der Waals surface area (Å²) in [6, 6.07) is 5.95. The molecule has 0 heterocycles. The van der Waals surface area contributed by atoms with Gasteiger partial charge < -0.3 is 4.74 Å². The Morgan fingerprint density at radius 3 is 2.80 bits per heavy atom. The van der Waals surface area contributed by atoms with Gasteiger partial charge in [-0.05, 0) is 24.3 Å². The third kappa shape index (κ3) is 3.56. The highest BCUT2D eigenvalue weighted by Crippen LogP contribution is 2.25. The molecule has 0 atom stereocenters. The molecule has 5 heteroatoms. The Balaban J connectivity index is 3.04. The van der Waals surface area contributed by atoms with Crippen LogP contribution in [0.25, 0.3) is 6.08 Å². The minimum Gasteiger partial charge on any atom is -0.434 e. The number of halogens is 3. The highest BCUT2D eigenvalue weighted by molar-refractivity contribution is 6.30. The molecule has 0 saturated heterocycles. The predicted octanol–water partition coefficient (Wildman–Crippen LogP) is 3.48. The van der Waals surface area contributed by atoms with Gasteiger partial charge in [-0.1, -0.05) is 11.6 Å². The maximum Gasteiger partial charge on any atom is 0.387 e. The van der Waals surface area contributed by atoms with Gasteiger partial charge in [0.15, 0.2) is 0 Å². The molecule has 2 nitrogen and oxygen atoms in total. The van der Waals surface area contributed by atoms with Gasteiger partial charge in [0.2, 0.25) is 0 Å². The van der Waals surface area contributed by atoms with E-state index in [1.807, 2.05) is 0 Å². The summed E-state index contributed by atoms with van der Waals surface area (Å²) in [5, 5.41) is 8.69. The normalized spacial score (nSPS) is 10.6. The lowest BCUT2D eigenvalue weighted by Crippen LogP contribution is -2.03. The Labute approximate surface area is 90.3 Å². The molecule has 0 radical (unpaired) electrons. The summed E-state index contributed by atoms with van der Waals surface area (Å²) in [6.45, 7) is -2.90. The summed E-state index contributed by atoms with van der Waals surface area (Å²) in [5.41, 5.74) is 0.337. The highest BCUT2D eigenvalue weighted by Gasteiger charge is 2.08. The fourth-order valence-electron chi connectivity index (χ4n) is 0.980. The molecule has 1 aromatic rings. The Morgan fingerprint density at radius 2 is 2.20 bits per heavy atom. The van der Waals surface area contributed by atoms with Crippen LogP contribution in [0.4, 0.5) is 8.78 Å². The smallest absolute Gasteiger partial charge is 0.387 e. The largest absolute Gasteiger partial charge is 0.434 e. The number of rotatable bonds is 3. The second-order valence-corrected chi connectivity index (χ2v) is 2.96. The predicted molar refractivity (Wildman–Crippen MR) is 52.7 cm³/mol. The van der Waals surface area contributed by atoms with Crippen LogP contribution in [-0.4, -0.2) is 6.61 Å². The molecule has 0 aromatic heterocycles. The van der Waals surface area contributed by atoms with Gasteiger partial charge in [0.05, 0.1) is 6.07 Å². The summed E-state index contributed by atoms with van der Waals surface area (Å²) in [4.78, 5) is 0. The minimum absolute atomic E-state index is 0.0131. The molecule has 0 bridgehead atoms. The average molecular weight is 230 g/mol. The Bertz CT molecular complexity index is 412. The van der Waals surface area contributed by atoms with Crippen LogP contribution in [0.5, 0.6) is 5.75 Å². The van der Waals surface area contributed by atoms with Gasteiger partial charge in [0.1, 0.15) is 5.75 Å². The lowest BCUT2D eigenvalue weighted by atomic mass is 10.2. The molecule has 0 aliphatic carbocycles. The molecule has 0 spiro atoms. The van der Waals surface area contributed by atoms with Crippen LogP contribution in [0.1, 0.15) is 5.56 Å². The van der Waals surface area contributed by atoms with Crippen LogP contribution in [-0.2, 0) is 0 Å². The van der Waals surface area contributed by atoms with Crippen molar-refractivity contribution in [2.75, 3.05) is 0 Å². The molecule has 15 heavy (non-hydrogen) atoms. The van der Waals surface area contributed by atoms with Crippen molar-refractivity contribution in [3.8, 4) is 11.8 Å². The molecule has 0 N–H and O–H groups in total. The van der Waals surface area contributed by atoms with Crippen molar-refractivity contribution in [2.45, 2.75) is 6.61 Å². The van der Waals surface area contributed by atoms with Crippen molar-refractivity contribution in [3.63, 3.8) is 0 Å². The second kappa shape index (κ2) is 5.32. The van der Waals surface area contributed by atoms with Gasteiger partial charge in [-0.3, -0.25) is 0 Å². The van der Waals surface area contributed by atoms with Gasteiger partial charge in [0.25, 0.3) is 0 Å². The average Bonchev–Trinajstić information content (AvgIpc) is 2.18. The van der Waals surface area contributed by atoms with E-state index in [4.69, 9.17) is 16.9 Å². The summed E-state index contributed by atoms with van der Waals surface area (Å²) in [7, 11) is 0. The number of ether oxygens (including phenoxy) is 1. The summed E-state index contributed by atoms with van der Waals surface area (Å²) >= 11 is 5.67. The van der Waals surface area contributed by atoms with Crippen molar-refractivity contribution in [1.82, 2.24) is 0 Å².